The summed E-state index contributed by atoms with van der Waals surface area (Å²) >= 11 is 0. The van der Waals surface area contributed by atoms with Gasteiger partial charge in [-0.2, -0.15) is 0 Å². The van der Waals surface area contributed by atoms with E-state index in [-0.39, 0.29) is 23.5 Å². The number of nitrogens with one attached hydrogen (secondary N) is 2. The smallest absolute Gasteiger partial charge is 0.408 e. The van der Waals surface area contributed by atoms with Gasteiger partial charge < -0.3 is 25.1 Å². The standard InChI is InChI=1S/C35H36N4O3.C13H15N3O3/c40-33-36-31-18-10-11-19-32(31)39(33)30-21-23-38(34(41)42)35(24-30,22-20-27-12-4-1-5-13-27)37(25-28-14-6-2-7-15-28)26-29-16-8-3-9-17-29;17-12-14-10-3-1-2-4-11(10)16(12)9-5-7-15(8-6-9)13(18)19/h1-19,30H,20-26H2,(H,36,40)(H,41,42);1-4,9H,5-8H2,(H,14,17)(H,18,19)/t30?,35-;/m0./s1. The summed E-state index contributed by atoms with van der Waals surface area (Å²) < 4.78 is 3.61. The molecule has 9 rings (SSSR count). The summed E-state index contributed by atoms with van der Waals surface area (Å²) in [5.74, 6) is 0. The molecule has 5 aromatic carbocycles. The summed E-state index contributed by atoms with van der Waals surface area (Å²) in [6.45, 7) is 2.44. The maximum absolute atomic E-state index is 13.4. The van der Waals surface area contributed by atoms with Crippen LogP contribution in [0.2, 0.25) is 0 Å². The maximum atomic E-state index is 13.4. The van der Waals surface area contributed by atoms with Crippen LogP contribution in [0.15, 0.2) is 149 Å². The number of para-hydroxylation sites is 4. The molecule has 2 saturated heterocycles. The van der Waals surface area contributed by atoms with Crippen molar-refractivity contribution in [1.29, 1.82) is 0 Å². The lowest BCUT2D eigenvalue weighted by Crippen LogP contribution is -2.65. The molecule has 13 nitrogen and oxygen atoms in total. The van der Waals surface area contributed by atoms with Gasteiger partial charge in [0.05, 0.1) is 22.1 Å². The summed E-state index contributed by atoms with van der Waals surface area (Å²) in [5, 5.41) is 19.7. The van der Waals surface area contributed by atoms with Crippen LogP contribution in [0.5, 0.6) is 0 Å². The number of carboxylic acid groups (broad SMARTS) is 2. The average Bonchev–Trinajstić information content (AvgIpc) is 3.81. The van der Waals surface area contributed by atoms with Crippen LogP contribution in [0.4, 0.5) is 9.59 Å². The molecule has 0 spiro atoms. The number of fused-ring (bicyclic) bond motifs is 2. The monoisotopic (exact) mass is 821 g/mol. The molecular formula is C48H51N7O6. The Bertz CT molecular complexity index is 2640. The average molecular weight is 822 g/mol. The highest BCUT2D eigenvalue weighted by molar-refractivity contribution is 5.76. The van der Waals surface area contributed by atoms with Crippen molar-refractivity contribution in [2.24, 2.45) is 0 Å². The van der Waals surface area contributed by atoms with Gasteiger partial charge in [-0.25, -0.2) is 19.2 Å². The molecule has 7 aromatic rings. The fraction of sp³-hybridized carbons (Fsp3) is 0.292. The number of nitrogens with zero attached hydrogens (tertiary/aromatic N) is 5. The molecule has 2 atom stereocenters. The van der Waals surface area contributed by atoms with Gasteiger partial charge in [0, 0.05) is 51.2 Å². The Morgan fingerprint density at radius 2 is 1.02 bits per heavy atom. The van der Waals surface area contributed by atoms with Gasteiger partial charge in [-0.05, 0) is 73.1 Å². The molecule has 4 heterocycles. The summed E-state index contributed by atoms with van der Waals surface area (Å²) in [7, 11) is 0. The Balaban J connectivity index is 0.000000225. The van der Waals surface area contributed by atoms with Gasteiger partial charge in [-0.1, -0.05) is 115 Å². The maximum Gasteiger partial charge on any atom is 0.408 e. The van der Waals surface area contributed by atoms with E-state index in [1.807, 2.05) is 108 Å². The summed E-state index contributed by atoms with van der Waals surface area (Å²) in [5.41, 5.74) is 5.62. The van der Waals surface area contributed by atoms with Gasteiger partial charge in [0.25, 0.3) is 0 Å². The number of rotatable bonds is 10. The zero-order valence-corrected chi connectivity index (χ0v) is 34.0. The lowest BCUT2D eigenvalue weighted by molar-refractivity contribution is -0.0969. The van der Waals surface area contributed by atoms with Gasteiger partial charge in [0.15, 0.2) is 0 Å². The minimum atomic E-state index is -0.932. The molecule has 0 aliphatic carbocycles. The fourth-order valence-electron chi connectivity index (χ4n) is 9.40. The zero-order chi connectivity index (χ0) is 42.3. The lowest BCUT2D eigenvalue weighted by atomic mass is 9.84. The largest absolute Gasteiger partial charge is 0.465 e. The second kappa shape index (κ2) is 18.2. The number of carbonyl (C=O) groups is 2. The van der Waals surface area contributed by atoms with E-state index >= 15 is 0 Å². The highest BCUT2D eigenvalue weighted by Gasteiger charge is 2.49. The van der Waals surface area contributed by atoms with Crippen molar-refractivity contribution < 1.29 is 19.8 Å². The van der Waals surface area contributed by atoms with E-state index in [2.05, 4.69) is 51.3 Å². The molecule has 0 saturated carbocycles. The number of likely N-dealkylation sites (tertiary alicyclic amines) is 2. The minimum absolute atomic E-state index is 0.0687. The second-order valence-electron chi connectivity index (χ2n) is 16.0. The molecule has 13 heteroatoms. The SMILES string of the molecule is O=C(O)N1CCC(n2c(=O)[nH]c3ccccc32)CC1.O=C(O)N1CCC(n2c(=O)[nH]c3ccccc32)C[C@@]1(CCc1ccccc1)N(Cc1ccccc1)Cc1ccccc1. The summed E-state index contributed by atoms with van der Waals surface area (Å²) in [6.07, 6.45) is 1.89. The van der Waals surface area contributed by atoms with Crippen molar-refractivity contribution >= 4 is 34.3 Å². The topological polar surface area (TPSA) is 160 Å². The van der Waals surface area contributed by atoms with Crippen molar-refractivity contribution in [3.8, 4) is 0 Å². The van der Waals surface area contributed by atoms with Crippen LogP contribution in [0.1, 0.15) is 60.9 Å². The first-order valence-electron chi connectivity index (χ1n) is 20.9. The molecule has 2 amide bonds. The molecule has 2 fully saturated rings. The predicted octanol–water partition coefficient (Wildman–Crippen LogP) is 8.32. The van der Waals surface area contributed by atoms with E-state index in [1.165, 1.54) is 4.90 Å². The van der Waals surface area contributed by atoms with Gasteiger partial charge in [0.1, 0.15) is 5.66 Å². The van der Waals surface area contributed by atoms with Crippen LogP contribution in [-0.4, -0.2) is 81.5 Å². The number of hydrogen-bond donors (Lipinski definition) is 4. The van der Waals surface area contributed by atoms with Gasteiger partial charge in [-0.3, -0.25) is 18.9 Å². The summed E-state index contributed by atoms with van der Waals surface area (Å²) in [6, 6.07) is 45.9. The Labute approximate surface area is 353 Å². The molecule has 0 bridgehead atoms. The predicted molar refractivity (Wildman–Crippen MR) is 236 cm³/mol. The van der Waals surface area contributed by atoms with Gasteiger partial charge in [-0.15, -0.1) is 0 Å². The quantitative estimate of drug-likeness (QED) is 0.108. The third kappa shape index (κ3) is 8.87. The van der Waals surface area contributed by atoms with E-state index in [4.69, 9.17) is 5.11 Å². The highest BCUT2D eigenvalue weighted by Crippen LogP contribution is 2.43. The Morgan fingerprint density at radius 3 is 1.51 bits per heavy atom. The molecule has 2 aliphatic rings. The normalized spacial score (nSPS) is 18.3. The van der Waals surface area contributed by atoms with Crippen molar-refractivity contribution in [2.45, 2.75) is 69.4 Å². The molecule has 1 unspecified atom stereocenters. The minimum Gasteiger partial charge on any atom is -0.465 e. The number of H-pyrrole nitrogens is 2. The number of aromatic nitrogens is 4. The van der Waals surface area contributed by atoms with E-state index in [9.17, 15) is 24.3 Å². The van der Waals surface area contributed by atoms with Crippen molar-refractivity contribution in [3.63, 3.8) is 0 Å². The van der Waals surface area contributed by atoms with Gasteiger partial charge >= 0.3 is 23.6 Å². The molecule has 4 N–H and O–H groups in total. The number of aromatic amines is 2. The van der Waals surface area contributed by atoms with Crippen LogP contribution >= 0.6 is 0 Å². The molecule has 61 heavy (non-hydrogen) atoms. The zero-order valence-electron chi connectivity index (χ0n) is 34.0. The third-order valence-corrected chi connectivity index (χ3v) is 12.4. The highest BCUT2D eigenvalue weighted by atomic mass is 16.4. The molecule has 2 aliphatic heterocycles. The third-order valence-electron chi connectivity index (χ3n) is 12.4. The fourth-order valence-corrected chi connectivity index (χ4v) is 9.40. The lowest BCUT2D eigenvalue weighted by Gasteiger charge is -2.54. The van der Waals surface area contributed by atoms with Crippen molar-refractivity contribution in [1.82, 2.24) is 33.8 Å². The van der Waals surface area contributed by atoms with E-state index in [1.54, 1.807) is 9.47 Å². The number of piperidine rings is 2. The number of amides is 2. The molecule has 2 aromatic heterocycles. The van der Waals surface area contributed by atoms with Crippen LogP contribution in [0.25, 0.3) is 22.1 Å². The number of aryl methyl sites for hydroxylation is 1. The number of hydrogen-bond acceptors (Lipinski definition) is 5. The van der Waals surface area contributed by atoms with Crippen molar-refractivity contribution in [3.05, 3.63) is 177 Å². The Morgan fingerprint density at radius 1 is 0.574 bits per heavy atom. The van der Waals surface area contributed by atoms with Crippen LogP contribution in [0, 0.1) is 0 Å². The molecule has 0 radical (unpaired) electrons. The summed E-state index contributed by atoms with van der Waals surface area (Å²) in [4.78, 5) is 60.6. The Kier molecular flexibility index (Phi) is 12.2. The number of imidazole rings is 2. The van der Waals surface area contributed by atoms with Crippen LogP contribution in [0.3, 0.4) is 0 Å². The molecule has 314 valence electrons. The van der Waals surface area contributed by atoms with E-state index in [0.29, 0.717) is 71.2 Å². The van der Waals surface area contributed by atoms with Crippen LogP contribution < -0.4 is 11.4 Å². The van der Waals surface area contributed by atoms with Crippen LogP contribution in [-0.2, 0) is 19.5 Å². The Hall–Kier alpha value is -6.86. The van der Waals surface area contributed by atoms with E-state index < -0.39 is 17.8 Å². The first-order chi connectivity index (χ1) is 29.7. The van der Waals surface area contributed by atoms with Crippen molar-refractivity contribution in [2.75, 3.05) is 19.6 Å². The first-order valence-corrected chi connectivity index (χ1v) is 20.9. The van der Waals surface area contributed by atoms with E-state index in [0.717, 1.165) is 38.8 Å². The number of benzene rings is 5. The first kappa shape index (κ1) is 40.9. The van der Waals surface area contributed by atoms with Gasteiger partial charge in [0.2, 0.25) is 0 Å². The molecular weight excluding hydrogens is 771 g/mol. The second-order valence-corrected chi connectivity index (χ2v) is 16.0.